The Bertz CT molecular complexity index is 1260. The van der Waals surface area contributed by atoms with Gasteiger partial charge in [-0.3, -0.25) is 9.91 Å². The van der Waals surface area contributed by atoms with Gasteiger partial charge in [-0.15, -0.1) is 0 Å². The third kappa shape index (κ3) is 3.21. The molecule has 0 bridgehead atoms. The predicted octanol–water partition coefficient (Wildman–Crippen LogP) is 5.95. The van der Waals surface area contributed by atoms with Crippen molar-refractivity contribution in [2.75, 3.05) is 26.2 Å². The number of nitrogens with zero attached hydrogens (tertiary/aromatic N) is 3. The van der Waals surface area contributed by atoms with E-state index in [1.165, 1.54) is 38.6 Å². The summed E-state index contributed by atoms with van der Waals surface area (Å²) in [5.74, 6) is 0. The van der Waals surface area contributed by atoms with Gasteiger partial charge in [0.1, 0.15) is 0 Å². The van der Waals surface area contributed by atoms with Gasteiger partial charge in [0.05, 0.1) is 11.8 Å². The lowest BCUT2D eigenvalue weighted by molar-refractivity contribution is 0.114. The van der Waals surface area contributed by atoms with Crippen LogP contribution in [0.3, 0.4) is 0 Å². The van der Waals surface area contributed by atoms with Crippen LogP contribution in [0.5, 0.6) is 0 Å². The maximum absolute atomic E-state index is 5.03. The van der Waals surface area contributed by atoms with Gasteiger partial charge in [-0.25, -0.2) is 0 Å². The van der Waals surface area contributed by atoms with E-state index < -0.39 is 0 Å². The molecule has 4 aromatic rings. The Morgan fingerprint density at radius 2 is 1.28 bits per heavy atom. The second-order valence-electron chi connectivity index (χ2n) is 8.78. The van der Waals surface area contributed by atoms with Crippen molar-refractivity contribution < 1.29 is 0 Å². The number of hydrazone groups is 1. The van der Waals surface area contributed by atoms with E-state index in [0.29, 0.717) is 6.04 Å². The molecular formula is C29H27N3. The molecule has 0 amide bonds. The number of rotatable bonds is 3. The van der Waals surface area contributed by atoms with Gasteiger partial charge in [0, 0.05) is 31.7 Å². The molecule has 0 aromatic heterocycles. The summed E-state index contributed by atoms with van der Waals surface area (Å²) in [4.78, 5) is 2.63. The molecule has 3 heteroatoms. The molecule has 32 heavy (non-hydrogen) atoms. The van der Waals surface area contributed by atoms with Crippen molar-refractivity contribution in [3.63, 3.8) is 0 Å². The fraction of sp³-hybridized carbons (Fsp3) is 0.207. The summed E-state index contributed by atoms with van der Waals surface area (Å²) >= 11 is 0. The van der Waals surface area contributed by atoms with E-state index in [1.54, 1.807) is 0 Å². The number of fused-ring (bicyclic) bond motifs is 4. The minimum absolute atomic E-state index is 0.354. The molecule has 0 N–H and O–H groups in total. The highest BCUT2D eigenvalue weighted by atomic mass is 15.5. The quantitative estimate of drug-likeness (QED) is 0.384. The monoisotopic (exact) mass is 417 g/mol. The smallest absolute Gasteiger partial charge is 0.0652 e. The van der Waals surface area contributed by atoms with Crippen molar-refractivity contribution in [3.05, 3.63) is 108 Å². The molecule has 1 aliphatic heterocycles. The first-order valence-electron chi connectivity index (χ1n) is 11.5. The third-order valence-electron chi connectivity index (χ3n) is 6.93. The Morgan fingerprint density at radius 1 is 0.688 bits per heavy atom. The van der Waals surface area contributed by atoms with E-state index in [1.807, 2.05) is 0 Å². The van der Waals surface area contributed by atoms with E-state index in [2.05, 4.69) is 108 Å². The summed E-state index contributed by atoms with van der Waals surface area (Å²) < 4.78 is 0. The molecular weight excluding hydrogens is 390 g/mol. The summed E-state index contributed by atoms with van der Waals surface area (Å²) in [6.07, 6.45) is 0. The first kappa shape index (κ1) is 19.3. The van der Waals surface area contributed by atoms with Gasteiger partial charge >= 0.3 is 0 Å². The highest BCUT2D eigenvalue weighted by Gasteiger charge is 2.34. The molecule has 2 aliphatic rings. The maximum atomic E-state index is 5.03. The number of hydrogen-bond donors (Lipinski definition) is 0. The van der Waals surface area contributed by atoms with Gasteiger partial charge in [0.25, 0.3) is 0 Å². The van der Waals surface area contributed by atoms with Crippen molar-refractivity contribution in [2.45, 2.75) is 13.0 Å². The molecule has 1 heterocycles. The van der Waals surface area contributed by atoms with Crippen LogP contribution in [-0.4, -0.2) is 41.8 Å². The van der Waals surface area contributed by atoms with E-state index >= 15 is 0 Å². The van der Waals surface area contributed by atoms with E-state index in [9.17, 15) is 0 Å². The zero-order valence-electron chi connectivity index (χ0n) is 18.4. The van der Waals surface area contributed by atoms with Crippen LogP contribution >= 0.6 is 0 Å². The first-order chi connectivity index (χ1) is 15.8. The highest BCUT2D eigenvalue weighted by Crippen LogP contribution is 2.46. The van der Waals surface area contributed by atoms with Crippen LogP contribution in [0, 0.1) is 0 Å². The fourth-order valence-corrected chi connectivity index (χ4v) is 5.40. The third-order valence-corrected chi connectivity index (χ3v) is 6.93. The summed E-state index contributed by atoms with van der Waals surface area (Å²) in [7, 11) is 0. The largest absolute Gasteiger partial charge is 0.294 e. The van der Waals surface area contributed by atoms with Crippen LogP contribution in [0.1, 0.15) is 29.7 Å². The number of piperazine rings is 1. The minimum atomic E-state index is 0.354. The average molecular weight is 418 g/mol. The minimum Gasteiger partial charge on any atom is -0.294 e. The summed E-state index contributed by atoms with van der Waals surface area (Å²) in [6, 6.07) is 33.2. The topological polar surface area (TPSA) is 18.8 Å². The molecule has 0 saturated carbocycles. The molecule has 0 atom stereocenters. The van der Waals surface area contributed by atoms with Gasteiger partial charge in [-0.2, -0.15) is 5.10 Å². The Balaban J connectivity index is 1.23. The van der Waals surface area contributed by atoms with Crippen molar-refractivity contribution in [3.8, 4) is 11.1 Å². The summed E-state index contributed by atoms with van der Waals surface area (Å²) in [5, 5.41) is 9.82. The molecule has 3 nitrogen and oxygen atoms in total. The van der Waals surface area contributed by atoms with Gasteiger partial charge in [-0.05, 0) is 39.9 Å². The van der Waals surface area contributed by atoms with Crippen molar-refractivity contribution in [1.82, 2.24) is 9.91 Å². The highest BCUT2D eigenvalue weighted by molar-refractivity contribution is 6.09. The van der Waals surface area contributed by atoms with Crippen molar-refractivity contribution >= 4 is 16.5 Å². The molecule has 6 rings (SSSR count). The van der Waals surface area contributed by atoms with Gasteiger partial charge in [0.2, 0.25) is 0 Å². The maximum Gasteiger partial charge on any atom is 0.0652 e. The second kappa shape index (κ2) is 7.92. The molecule has 0 unspecified atom stereocenters. The van der Waals surface area contributed by atoms with E-state index in [-0.39, 0.29) is 0 Å². The van der Waals surface area contributed by atoms with Crippen molar-refractivity contribution in [2.24, 2.45) is 5.10 Å². The summed E-state index contributed by atoms with van der Waals surface area (Å²) in [5.41, 5.74) is 7.98. The predicted molar refractivity (Wildman–Crippen MR) is 133 cm³/mol. The van der Waals surface area contributed by atoms with E-state index in [0.717, 1.165) is 31.9 Å². The zero-order valence-corrected chi connectivity index (χ0v) is 18.4. The Hall–Kier alpha value is -3.43. The van der Waals surface area contributed by atoms with E-state index in [4.69, 9.17) is 5.10 Å². The van der Waals surface area contributed by atoms with Crippen LogP contribution in [0.15, 0.2) is 96.1 Å². The molecule has 158 valence electrons. The normalized spacial score (nSPS) is 16.9. The number of benzene rings is 4. The lowest BCUT2D eigenvalue weighted by Crippen LogP contribution is -2.45. The molecule has 1 fully saturated rings. The molecule has 0 spiro atoms. The average Bonchev–Trinajstić information content (AvgIpc) is 3.19. The Labute approximate surface area is 189 Å². The van der Waals surface area contributed by atoms with Crippen LogP contribution < -0.4 is 0 Å². The van der Waals surface area contributed by atoms with Gasteiger partial charge in [0.15, 0.2) is 0 Å². The van der Waals surface area contributed by atoms with Gasteiger partial charge < -0.3 is 0 Å². The molecule has 1 saturated heterocycles. The Kier molecular flexibility index (Phi) is 4.77. The lowest BCUT2D eigenvalue weighted by Gasteiger charge is -2.37. The number of hydrogen-bond acceptors (Lipinski definition) is 3. The first-order valence-corrected chi connectivity index (χ1v) is 11.5. The standard InChI is InChI=1S/C29H27N3/c1-21(23-16-8-10-22-9-2-3-11-24(22)23)30-32-19-17-31(18-20-32)29-27-14-6-4-12-25(27)26-13-5-7-15-28(26)29/h2-16,29H,17-20H2,1H3/b30-21+. The summed E-state index contributed by atoms with van der Waals surface area (Å²) in [6.45, 7) is 6.06. The van der Waals surface area contributed by atoms with Crippen LogP contribution in [-0.2, 0) is 0 Å². The second-order valence-corrected chi connectivity index (χ2v) is 8.78. The van der Waals surface area contributed by atoms with Gasteiger partial charge in [-0.1, -0.05) is 91.0 Å². The SMILES string of the molecule is C/C(=N\N1CCN(C2c3ccccc3-c3ccccc32)CC1)c1cccc2ccccc12. The molecule has 1 aliphatic carbocycles. The van der Waals surface area contributed by atoms with Crippen LogP contribution in [0.4, 0.5) is 0 Å². The lowest BCUT2D eigenvalue weighted by atomic mass is 10.0. The molecule has 4 aromatic carbocycles. The van der Waals surface area contributed by atoms with Crippen LogP contribution in [0.25, 0.3) is 21.9 Å². The Morgan fingerprint density at radius 3 is 2.00 bits per heavy atom. The van der Waals surface area contributed by atoms with Crippen LogP contribution in [0.2, 0.25) is 0 Å². The zero-order chi connectivity index (χ0) is 21.5. The fourth-order valence-electron chi connectivity index (χ4n) is 5.40. The van der Waals surface area contributed by atoms with Crippen molar-refractivity contribution in [1.29, 1.82) is 0 Å². The molecule has 0 radical (unpaired) electrons.